The summed E-state index contributed by atoms with van der Waals surface area (Å²) in [7, 11) is 0. The first-order chi connectivity index (χ1) is 8.92. The Labute approximate surface area is 113 Å². The van der Waals surface area contributed by atoms with Gasteiger partial charge in [0.15, 0.2) is 11.6 Å². The van der Waals surface area contributed by atoms with Gasteiger partial charge in [-0.15, -0.1) is 0 Å². The predicted molar refractivity (Wildman–Crippen MR) is 70.8 cm³/mol. The second-order valence-electron chi connectivity index (χ2n) is 6.14. The minimum atomic E-state index is -0.885. The molecule has 1 nitrogen and oxygen atoms in total. The number of ketones is 1. The fourth-order valence-electron chi connectivity index (χ4n) is 3.09. The first-order valence-corrected chi connectivity index (χ1v) is 6.87. The van der Waals surface area contributed by atoms with Crippen LogP contribution in [0.5, 0.6) is 0 Å². The largest absolute Gasteiger partial charge is 0.299 e. The third kappa shape index (κ3) is 3.02. The van der Waals surface area contributed by atoms with E-state index < -0.39 is 11.6 Å². The van der Waals surface area contributed by atoms with Gasteiger partial charge >= 0.3 is 0 Å². The molecule has 19 heavy (non-hydrogen) atoms. The van der Waals surface area contributed by atoms with E-state index in [1.807, 2.05) is 0 Å². The van der Waals surface area contributed by atoms with E-state index in [1.165, 1.54) is 12.1 Å². The summed E-state index contributed by atoms with van der Waals surface area (Å²) < 4.78 is 26.7. The smallest absolute Gasteiger partial charge is 0.162 e. The Bertz CT molecular complexity index is 480. The highest BCUT2D eigenvalue weighted by Gasteiger charge is 2.36. The first-order valence-electron chi connectivity index (χ1n) is 6.87. The molecule has 1 atom stereocenters. The van der Waals surface area contributed by atoms with Crippen molar-refractivity contribution in [1.82, 2.24) is 0 Å². The summed E-state index contributed by atoms with van der Waals surface area (Å²) in [6, 6.07) is 4.02. The average Bonchev–Trinajstić information content (AvgIpc) is 2.34. The van der Waals surface area contributed by atoms with Gasteiger partial charge < -0.3 is 0 Å². The zero-order valence-corrected chi connectivity index (χ0v) is 11.5. The van der Waals surface area contributed by atoms with Crippen molar-refractivity contribution in [3.8, 4) is 0 Å². The van der Waals surface area contributed by atoms with Crippen molar-refractivity contribution < 1.29 is 13.6 Å². The van der Waals surface area contributed by atoms with Crippen LogP contribution in [0.3, 0.4) is 0 Å². The van der Waals surface area contributed by atoms with E-state index in [2.05, 4.69) is 13.8 Å². The number of halogens is 2. The lowest BCUT2D eigenvalue weighted by molar-refractivity contribution is -0.127. The summed E-state index contributed by atoms with van der Waals surface area (Å²) in [5, 5.41) is 0. The van der Waals surface area contributed by atoms with E-state index in [9.17, 15) is 13.6 Å². The third-order valence-corrected chi connectivity index (χ3v) is 4.29. The minimum Gasteiger partial charge on any atom is -0.299 e. The van der Waals surface area contributed by atoms with Crippen LogP contribution in [0.1, 0.15) is 45.1 Å². The van der Waals surface area contributed by atoms with Gasteiger partial charge in [0.25, 0.3) is 0 Å². The molecule has 2 rings (SSSR count). The molecule has 0 bridgehead atoms. The summed E-state index contributed by atoms with van der Waals surface area (Å²) in [6.45, 7) is 4.19. The van der Waals surface area contributed by atoms with Crippen LogP contribution in [0.2, 0.25) is 0 Å². The lowest BCUT2D eigenvalue weighted by Crippen LogP contribution is -2.35. The van der Waals surface area contributed by atoms with Crippen LogP contribution < -0.4 is 0 Å². The van der Waals surface area contributed by atoms with Gasteiger partial charge in [0.1, 0.15) is 5.78 Å². The second kappa shape index (κ2) is 5.40. The SMILES string of the molecule is CC1(C)CCCCC1C(=O)Cc1cccc(F)c1F. The van der Waals surface area contributed by atoms with Gasteiger partial charge in [-0.3, -0.25) is 4.79 Å². The highest BCUT2D eigenvalue weighted by atomic mass is 19.2. The zero-order chi connectivity index (χ0) is 14.0. The number of Topliss-reactive ketones (excluding diaryl/α,β-unsaturated/α-hetero) is 1. The highest BCUT2D eigenvalue weighted by molar-refractivity contribution is 5.84. The predicted octanol–water partition coefficient (Wildman–Crippen LogP) is 4.29. The monoisotopic (exact) mass is 266 g/mol. The van der Waals surface area contributed by atoms with Crippen LogP contribution in [0.4, 0.5) is 8.78 Å². The second-order valence-corrected chi connectivity index (χ2v) is 6.14. The molecule has 1 aromatic carbocycles. The van der Waals surface area contributed by atoms with Crippen molar-refractivity contribution in [1.29, 1.82) is 0 Å². The highest BCUT2D eigenvalue weighted by Crippen LogP contribution is 2.41. The number of hydrogen-bond acceptors (Lipinski definition) is 1. The average molecular weight is 266 g/mol. The minimum absolute atomic E-state index is 0.00229. The van der Waals surface area contributed by atoms with Gasteiger partial charge in [-0.05, 0) is 29.9 Å². The fourth-order valence-corrected chi connectivity index (χ4v) is 3.09. The molecule has 0 aromatic heterocycles. The van der Waals surface area contributed by atoms with Crippen LogP contribution in [0.25, 0.3) is 0 Å². The van der Waals surface area contributed by atoms with E-state index in [0.717, 1.165) is 31.7 Å². The number of hydrogen-bond donors (Lipinski definition) is 0. The molecule has 1 aliphatic carbocycles. The normalized spacial score (nSPS) is 22.2. The van der Waals surface area contributed by atoms with Gasteiger partial charge in [-0.25, -0.2) is 8.78 Å². The molecule has 1 unspecified atom stereocenters. The van der Waals surface area contributed by atoms with Gasteiger partial charge in [0.05, 0.1) is 0 Å². The van der Waals surface area contributed by atoms with Crippen molar-refractivity contribution in [3.05, 3.63) is 35.4 Å². The Balaban J connectivity index is 2.14. The fraction of sp³-hybridized carbons (Fsp3) is 0.562. The third-order valence-electron chi connectivity index (χ3n) is 4.29. The van der Waals surface area contributed by atoms with Crippen LogP contribution in [0, 0.1) is 23.0 Å². The Hall–Kier alpha value is -1.25. The molecule has 0 aliphatic heterocycles. The zero-order valence-electron chi connectivity index (χ0n) is 11.5. The molecule has 0 amide bonds. The van der Waals surface area contributed by atoms with Gasteiger partial charge in [0.2, 0.25) is 0 Å². The maximum absolute atomic E-state index is 13.6. The van der Waals surface area contributed by atoms with Gasteiger partial charge in [0, 0.05) is 12.3 Å². The van der Waals surface area contributed by atoms with Crippen molar-refractivity contribution in [3.63, 3.8) is 0 Å². The summed E-state index contributed by atoms with van der Waals surface area (Å²) in [5.74, 6) is -1.77. The molecule has 1 aromatic rings. The summed E-state index contributed by atoms with van der Waals surface area (Å²) >= 11 is 0. The summed E-state index contributed by atoms with van der Waals surface area (Å²) in [6.07, 6.45) is 4.08. The van der Waals surface area contributed by atoms with E-state index >= 15 is 0 Å². The lowest BCUT2D eigenvalue weighted by atomic mass is 9.66. The maximum Gasteiger partial charge on any atom is 0.162 e. The molecule has 1 aliphatic rings. The van der Waals surface area contributed by atoms with Crippen LogP contribution in [-0.4, -0.2) is 5.78 Å². The van der Waals surface area contributed by atoms with E-state index in [4.69, 9.17) is 0 Å². The van der Waals surface area contributed by atoms with Gasteiger partial charge in [-0.2, -0.15) is 0 Å². The molecule has 0 spiro atoms. The van der Waals surface area contributed by atoms with Gasteiger partial charge in [-0.1, -0.05) is 38.8 Å². The Morgan fingerprint density at radius 3 is 2.74 bits per heavy atom. The Morgan fingerprint density at radius 2 is 2.05 bits per heavy atom. The Kier molecular flexibility index (Phi) is 4.02. The summed E-state index contributed by atoms with van der Waals surface area (Å²) in [4.78, 5) is 12.4. The molecule has 104 valence electrons. The van der Waals surface area contributed by atoms with Crippen LogP contribution in [0.15, 0.2) is 18.2 Å². The van der Waals surface area contributed by atoms with Crippen LogP contribution in [-0.2, 0) is 11.2 Å². The number of carbonyl (C=O) groups excluding carboxylic acids is 1. The van der Waals surface area contributed by atoms with Crippen molar-refractivity contribution in [2.45, 2.75) is 46.0 Å². The molecule has 0 radical (unpaired) electrons. The number of carbonyl (C=O) groups is 1. The van der Waals surface area contributed by atoms with Crippen molar-refractivity contribution in [2.24, 2.45) is 11.3 Å². The standard InChI is InChI=1S/C16H20F2O/c1-16(2)9-4-3-7-12(16)14(19)10-11-6-5-8-13(17)15(11)18/h5-6,8,12H,3-4,7,9-10H2,1-2H3. The van der Waals surface area contributed by atoms with E-state index in [1.54, 1.807) is 0 Å². The van der Waals surface area contributed by atoms with Crippen molar-refractivity contribution >= 4 is 5.78 Å². The van der Waals surface area contributed by atoms with E-state index in [-0.39, 0.29) is 29.1 Å². The molecular formula is C16H20F2O. The first kappa shape index (κ1) is 14.2. The number of benzene rings is 1. The topological polar surface area (TPSA) is 17.1 Å². The molecule has 1 saturated carbocycles. The lowest BCUT2D eigenvalue weighted by Gasteiger charge is -2.37. The molecule has 0 saturated heterocycles. The Morgan fingerprint density at radius 1 is 1.32 bits per heavy atom. The van der Waals surface area contributed by atoms with Crippen molar-refractivity contribution in [2.75, 3.05) is 0 Å². The summed E-state index contributed by atoms with van der Waals surface area (Å²) in [5.41, 5.74) is 0.144. The quantitative estimate of drug-likeness (QED) is 0.797. The van der Waals surface area contributed by atoms with E-state index in [0.29, 0.717) is 0 Å². The molecule has 0 heterocycles. The van der Waals surface area contributed by atoms with Crippen LogP contribution >= 0.6 is 0 Å². The molecule has 0 N–H and O–H groups in total. The molecular weight excluding hydrogens is 246 g/mol. The maximum atomic E-state index is 13.6. The molecule has 3 heteroatoms. The number of rotatable bonds is 3. The molecule has 1 fully saturated rings.